The number of carbonyl (C=O) groups excluding carboxylic acids is 1. The van der Waals surface area contributed by atoms with Crippen LogP contribution in [0.1, 0.15) is 10.4 Å². The number of hydrogen-bond acceptors (Lipinski definition) is 3. The van der Waals surface area contributed by atoms with Gasteiger partial charge in [-0.25, -0.2) is 4.98 Å². The van der Waals surface area contributed by atoms with E-state index in [4.69, 9.17) is 11.6 Å². The third kappa shape index (κ3) is 3.42. The van der Waals surface area contributed by atoms with E-state index in [0.717, 1.165) is 23.4 Å². The predicted octanol–water partition coefficient (Wildman–Crippen LogP) is 3.46. The number of amides is 1. The molecule has 1 aliphatic heterocycles. The van der Waals surface area contributed by atoms with Crippen molar-refractivity contribution in [2.75, 3.05) is 31.1 Å². The van der Waals surface area contributed by atoms with E-state index in [1.54, 1.807) is 6.20 Å². The van der Waals surface area contributed by atoms with E-state index >= 15 is 0 Å². The van der Waals surface area contributed by atoms with Gasteiger partial charge in [0.1, 0.15) is 5.82 Å². The van der Waals surface area contributed by atoms with Gasteiger partial charge in [0.2, 0.25) is 0 Å². The van der Waals surface area contributed by atoms with Crippen molar-refractivity contribution >= 4 is 39.3 Å². The molecule has 1 fully saturated rings. The molecule has 4 nitrogen and oxygen atoms in total. The highest BCUT2D eigenvalue weighted by Gasteiger charge is 2.22. The molecule has 1 aromatic heterocycles. The molecule has 0 unspecified atom stereocenters. The van der Waals surface area contributed by atoms with Crippen LogP contribution in [0.2, 0.25) is 5.02 Å². The second-order valence-electron chi connectivity index (χ2n) is 5.12. The fourth-order valence-electron chi connectivity index (χ4n) is 2.50. The van der Waals surface area contributed by atoms with Crippen molar-refractivity contribution in [2.24, 2.45) is 0 Å². The lowest BCUT2D eigenvalue weighted by atomic mass is 10.2. The number of carbonyl (C=O) groups is 1. The Kier molecular flexibility index (Phi) is 4.64. The first-order chi connectivity index (χ1) is 10.6. The molecule has 0 N–H and O–H groups in total. The number of nitrogens with zero attached hydrogens (tertiary/aromatic N) is 3. The number of halogens is 2. The highest BCUT2D eigenvalue weighted by Crippen LogP contribution is 2.18. The van der Waals surface area contributed by atoms with E-state index in [1.165, 1.54) is 0 Å². The van der Waals surface area contributed by atoms with Gasteiger partial charge in [-0.3, -0.25) is 4.79 Å². The second kappa shape index (κ2) is 6.67. The minimum Gasteiger partial charge on any atom is -0.353 e. The van der Waals surface area contributed by atoms with Gasteiger partial charge in [0.25, 0.3) is 5.91 Å². The van der Waals surface area contributed by atoms with Crippen molar-refractivity contribution < 1.29 is 4.79 Å². The molecule has 0 saturated carbocycles. The molecule has 0 spiro atoms. The monoisotopic (exact) mass is 379 g/mol. The van der Waals surface area contributed by atoms with E-state index in [1.807, 2.05) is 41.3 Å². The van der Waals surface area contributed by atoms with E-state index < -0.39 is 0 Å². The largest absolute Gasteiger partial charge is 0.353 e. The molecule has 0 atom stereocenters. The van der Waals surface area contributed by atoms with Crippen LogP contribution in [0.5, 0.6) is 0 Å². The highest BCUT2D eigenvalue weighted by molar-refractivity contribution is 9.10. The molecular formula is C16H15BrClN3O. The molecule has 0 bridgehead atoms. The van der Waals surface area contributed by atoms with Gasteiger partial charge < -0.3 is 9.80 Å². The molecule has 22 heavy (non-hydrogen) atoms. The van der Waals surface area contributed by atoms with Crippen LogP contribution in [-0.2, 0) is 0 Å². The molecule has 1 aliphatic rings. The molecule has 3 rings (SSSR count). The van der Waals surface area contributed by atoms with Gasteiger partial charge in [0.15, 0.2) is 0 Å². The third-order valence-corrected chi connectivity index (χ3v) is 4.39. The van der Waals surface area contributed by atoms with Crippen LogP contribution in [0.4, 0.5) is 5.82 Å². The number of pyridine rings is 1. The zero-order chi connectivity index (χ0) is 15.5. The Morgan fingerprint density at radius 2 is 1.91 bits per heavy atom. The number of rotatable bonds is 2. The number of benzene rings is 1. The van der Waals surface area contributed by atoms with Crippen molar-refractivity contribution in [1.29, 1.82) is 0 Å². The van der Waals surface area contributed by atoms with E-state index in [2.05, 4.69) is 25.8 Å². The van der Waals surface area contributed by atoms with Crippen molar-refractivity contribution in [3.8, 4) is 0 Å². The van der Waals surface area contributed by atoms with Crippen LogP contribution in [0.3, 0.4) is 0 Å². The summed E-state index contributed by atoms with van der Waals surface area (Å²) in [7, 11) is 0. The van der Waals surface area contributed by atoms with Crippen LogP contribution in [-0.4, -0.2) is 42.0 Å². The number of piperazine rings is 1. The molecule has 2 aromatic rings. The van der Waals surface area contributed by atoms with E-state index in [-0.39, 0.29) is 5.91 Å². The number of anilines is 1. The van der Waals surface area contributed by atoms with E-state index in [9.17, 15) is 4.79 Å². The van der Waals surface area contributed by atoms with Crippen molar-refractivity contribution in [1.82, 2.24) is 9.88 Å². The molecular weight excluding hydrogens is 366 g/mol. The summed E-state index contributed by atoms with van der Waals surface area (Å²) in [4.78, 5) is 20.9. The molecule has 0 radical (unpaired) electrons. The molecule has 0 aliphatic carbocycles. The average Bonchev–Trinajstić information content (AvgIpc) is 2.55. The van der Waals surface area contributed by atoms with Crippen molar-refractivity contribution in [2.45, 2.75) is 0 Å². The summed E-state index contributed by atoms with van der Waals surface area (Å²) in [5.74, 6) is 0.976. The Hall–Kier alpha value is -1.59. The van der Waals surface area contributed by atoms with Gasteiger partial charge in [-0.05, 0) is 30.3 Å². The lowest BCUT2D eigenvalue weighted by molar-refractivity contribution is 0.0746. The smallest absolute Gasteiger partial charge is 0.254 e. The molecule has 2 heterocycles. The molecule has 114 valence electrons. The summed E-state index contributed by atoms with van der Waals surface area (Å²) in [5.41, 5.74) is 0.715. The summed E-state index contributed by atoms with van der Waals surface area (Å²) in [6, 6.07) is 11.2. The lowest BCUT2D eigenvalue weighted by Gasteiger charge is -2.35. The van der Waals surface area contributed by atoms with Gasteiger partial charge in [-0.15, -0.1) is 0 Å². The van der Waals surface area contributed by atoms with Crippen LogP contribution < -0.4 is 4.90 Å². The third-order valence-electron chi connectivity index (χ3n) is 3.67. The zero-order valence-electron chi connectivity index (χ0n) is 11.9. The number of aromatic nitrogens is 1. The van der Waals surface area contributed by atoms with Gasteiger partial charge in [0.05, 0.1) is 5.02 Å². The minimum atomic E-state index is 0.0741. The maximum absolute atomic E-state index is 12.5. The molecule has 6 heteroatoms. The quantitative estimate of drug-likeness (QED) is 0.800. The van der Waals surface area contributed by atoms with Gasteiger partial charge in [0, 0.05) is 42.4 Å². The minimum absolute atomic E-state index is 0.0741. The summed E-state index contributed by atoms with van der Waals surface area (Å²) >= 11 is 9.26. The zero-order valence-corrected chi connectivity index (χ0v) is 14.2. The first-order valence-corrected chi connectivity index (χ1v) is 8.22. The molecule has 1 aromatic carbocycles. The fourth-order valence-corrected chi connectivity index (χ4v) is 3.01. The lowest BCUT2D eigenvalue weighted by Crippen LogP contribution is -2.49. The number of hydrogen-bond donors (Lipinski definition) is 0. The standard InChI is InChI=1S/C16H15BrClN3O/c17-13-3-1-2-12(10-13)16(22)21-8-6-20(7-9-21)15-5-4-14(18)11-19-15/h1-5,10-11H,6-9H2. The summed E-state index contributed by atoms with van der Waals surface area (Å²) in [5, 5.41) is 0.632. The Bertz CT molecular complexity index is 669. The highest BCUT2D eigenvalue weighted by atomic mass is 79.9. The van der Waals surface area contributed by atoms with Gasteiger partial charge >= 0.3 is 0 Å². The topological polar surface area (TPSA) is 36.4 Å². The average molecular weight is 381 g/mol. The van der Waals surface area contributed by atoms with Crippen LogP contribution in [0.25, 0.3) is 0 Å². The fraction of sp³-hybridized carbons (Fsp3) is 0.250. The van der Waals surface area contributed by atoms with Crippen molar-refractivity contribution in [3.63, 3.8) is 0 Å². The first kappa shape index (κ1) is 15.3. The van der Waals surface area contributed by atoms with E-state index in [0.29, 0.717) is 23.7 Å². The van der Waals surface area contributed by atoms with Crippen LogP contribution in [0, 0.1) is 0 Å². The first-order valence-electron chi connectivity index (χ1n) is 7.05. The normalized spacial score (nSPS) is 15.0. The predicted molar refractivity (Wildman–Crippen MR) is 91.5 cm³/mol. The Morgan fingerprint density at radius 3 is 2.55 bits per heavy atom. The second-order valence-corrected chi connectivity index (χ2v) is 6.48. The molecule has 1 saturated heterocycles. The van der Waals surface area contributed by atoms with Gasteiger partial charge in [-0.2, -0.15) is 0 Å². The summed E-state index contributed by atoms with van der Waals surface area (Å²) in [6.45, 7) is 2.92. The maximum Gasteiger partial charge on any atom is 0.254 e. The van der Waals surface area contributed by atoms with Gasteiger partial charge in [-0.1, -0.05) is 33.6 Å². The SMILES string of the molecule is O=C(c1cccc(Br)c1)N1CCN(c2ccc(Cl)cn2)CC1. The van der Waals surface area contributed by atoms with Crippen molar-refractivity contribution in [3.05, 3.63) is 57.7 Å². The summed E-state index contributed by atoms with van der Waals surface area (Å²) < 4.78 is 0.919. The Labute approximate surface area is 142 Å². The Balaban J connectivity index is 1.64. The summed E-state index contributed by atoms with van der Waals surface area (Å²) in [6.07, 6.45) is 1.65. The van der Waals surface area contributed by atoms with Crippen LogP contribution >= 0.6 is 27.5 Å². The maximum atomic E-state index is 12.5. The van der Waals surface area contributed by atoms with Crippen LogP contribution in [0.15, 0.2) is 47.1 Å². The molecule has 1 amide bonds. The Morgan fingerprint density at radius 1 is 1.14 bits per heavy atom.